The lowest BCUT2D eigenvalue weighted by atomic mass is 10.1. The number of nitrogens with zero attached hydrogens (tertiary/aromatic N) is 3. The summed E-state index contributed by atoms with van der Waals surface area (Å²) in [5.74, 6) is 0.311. The molecule has 7 heteroatoms. The molecule has 0 aliphatic carbocycles. The second-order valence-electron chi connectivity index (χ2n) is 6.31. The highest BCUT2D eigenvalue weighted by Crippen LogP contribution is 2.35. The summed E-state index contributed by atoms with van der Waals surface area (Å²) in [7, 11) is -2.76. The van der Waals surface area contributed by atoms with Gasteiger partial charge in [-0.3, -0.25) is 4.98 Å². The van der Waals surface area contributed by atoms with Gasteiger partial charge in [0.2, 0.25) is 0 Å². The number of aromatic amines is 1. The molecular formula is C18H21N5OS. The molecule has 3 heterocycles. The Morgan fingerprint density at radius 1 is 1.20 bits per heavy atom. The van der Waals surface area contributed by atoms with Crippen molar-refractivity contribution in [2.75, 3.05) is 23.7 Å². The number of nitrogens with one attached hydrogen (secondary N) is 2. The molecule has 4 rings (SSSR count). The van der Waals surface area contributed by atoms with Gasteiger partial charge in [-0.2, -0.15) is 0 Å². The summed E-state index contributed by atoms with van der Waals surface area (Å²) in [5.41, 5.74) is 4.51. The molecule has 0 bridgehead atoms. The number of benzene rings is 1. The van der Waals surface area contributed by atoms with Crippen LogP contribution in [0.4, 0.5) is 5.69 Å². The fourth-order valence-corrected chi connectivity index (χ4v) is 4.26. The van der Waals surface area contributed by atoms with E-state index >= 15 is 0 Å². The van der Waals surface area contributed by atoms with Crippen LogP contribution in [0.15, 0.2) is 41.6 Å². The third-order valence-electron chi connectivity index (χ3n) is 4.75. The van der Waals surface area contributed by atoms with Gasteiger partial charge in [-0.25, -0.2) is 14.0 Å². The molecule has 0 spiro atoms. The van der Waals surface area contributed by atoms with Crippen LogP contribution in [0.2, 0.25) is 0 Å². The van der Waals surface area contributed by atoms with Crippen molar-refractivity contribution in [3.63, 3.8) is 0 Å². The molecule has 0 amide bonds. The zero-order valence-electron chi connectivity index (χ0n) is 14.2. The minimum absolute atomic E-state index is 0.311. The Labute approximate surface area is 147 Å². The van der Waals surface area contributed by atoms with E-state index in [1.54, 1.807) is 19.3 Å². The normalized spacial score (nSPS) is 17.1. The van der Waals surface area contributed by atoms with Crippen molar-refractivity contribution >= 4 is 26.6 Å². The summed E-state index contributed by atoms with van der Waals surface area (Å²) in [4.78, 5) is 14.9. The molecule has 1 atom stereocenters. The maximum atomic E-state index is 12.6. The number of fused-ring (bicyclic) bond motifs is 1. The third kappa shape index (κ3) is 2.89. The molecular weight excluding hydrogens is 334 g/mol. The predicted molar refractivity (Wildman–Crippen MR) is 100 cm³/mol. The van der Waals surface area contributed by atoms with Gasteiger partial charge < -0.3 is 9.88 Å². The summed E-state index contributed by atoms with van der Waals surface area (Å²) in [6.45, 7) is 3.83. The van der Waals surface area contributed by atoms with Crippen molar-refractivity contribution in [1.29, 1.82) is 4.78 Å². The van der Waals surface area contributed by atoms with Crippen LogP contribution in [-0.4, -0.2) is 38.0 Å². The molecule has 1 fully saturated rings. The molecule has 2 aromatic heterocycles. The molecule has 1 unspecified atom stereocenters. The van der Waals surface area contributed by atoms with Crippen LogP contribution >= 0.6 is 0 Å². The van der Waals surface area contributed by atoms with Crippen molar-refractivity contribution in [2.45, 2.75) is 24.7 Å². The van der Waals surface area contributed by atoms with Gasteiger partial charge in [-0.05, 0) is 37.1 Å². The molecule has 25 heavy (non-hydrogen) atoms. The third-order valence-corrected chi connectivity index (χ3v) is 6.58. The average molecular weight is 355 g/mol. The maximum Gasteiger partial charge on any atom is 0.156 e. The van der Waals surface area contributed by atoms with Crippen LogP contribution in [0.3, 0.4) is 0 Å². The van der Waals surface area contributed by atoms with Crippen LogP contribution in [0.1, 0.15) is 19.8 Å². The van der Waals surface area contributed by atoms with E-state index in [9.17, 15) is 4.21 Å². The number of hydrogen-bond acceptors (Lipinski definition) is 5. The zero-order chi connectivity index (χ0) is 17.4. The van der Waals surface area contributed by atoms with Crippen LogP contribution in [-0.2, 0) is 9.73 Å². The Bertz CT molecular complexity index is 986. The van der Waals surface area contributed by atoms with Crippen LogP contribution < -0.4 is 4.90 Å². The summed E-state index contributed by atoms with van der Waals surface area (Å²) >= 11 is 0. The van der Waals surface area contributed by atoms with Gasteiger partial charge in [0.05, 0.1) is 15.4 Å². The lowest BCUT2D eigenvalue weighted by molar-refractivity contribution is 0.675. The molecule has 2 N–H and O–H groups in total. The SMILES string of the molecule is CCS(=N)(=O)c1ccc(N2CCCC2)c(-c2cc3nccnc3[nH]2)c1. The molecule has 3 aromatic rings. The summed E-state index contributed by atoms with van der Waals surface area (Å²) in [6, 6.07) is 7.72. The second kappa shape index (κ2) is 6.15. The number of rotatable bonds is 4. The van der Waals surface area contributed by atoms with Gasteiger partial charge in [0, 0.05) is 47.4 Å². The van der Waals surface area contributed by atoms with E-state index in [4.69, 9.17) is 4.78 Å². The quantitative estimate of drug-likeness (QED) is 0.748. The molecule has 0 saturated carbocycles. The Hall–Kier alpha value is -2.41. The first-order valence-corrected chi connectivity index (χ1v) is 10.3. The van der Waals surface area contributed by atoms with E-state index < -0.39 is 9.73 Å². The van der Waals surface area contributed by atoms with Gasteiger partial charge in [-0.1, -0.05) is 6.92 Å². The van der Waals surface area contributed by atoms with E-state index in [0.29, 0.717) is 10.6 Å². The van der Waals surface area contributed by atoms with Crippen molar-refractivity contribution < 1.29 is 4.21 Å². The zero-order valence-corrected chi connectivity index (χ0v) is 15.0. The van der Waals surface area contributed by atoms with E-state index in [0.717, 1.165) is 41.2 Å². The summed E-state index contributed by atoms with van der Waals surface area (Å²) < 4.78 is 20.7. The first kappa shape index (κ1) is 16.1. The fourth-order valence-electron chi connectivity index (χ4n) is 3.33. The molecule has 130 valence electrons. The molecule has 1 aliphatic heterocycles. The summed E-state index contributed by atoms with van der Waals surface area (Å²) in [6.07, 6.45) is 5.70. The molecule has 1 aliphatic rings. The van der Waals surface area contributed by atoms with Crippen molar-refractivity contribution in [3.8, 4) is 11.3 Å². The van der Waals surface area contributed by atoms with Crippen molar-refractivity contribution in [3.05, 3.63) is 36.7 Å². The average Bonchev–Trinajstić information content (AvgIpc) is 3.30. The highest BCUT2D eigenvalue weighted by atomic mass is 32.2. The van der Waals surface area contributed by atoms with Crippen LogP contribution in [0.5, 0.6) is 0 Å². The Balaban J connectivity index is 1.91. The number of anilines is 1. The first-order valence-electron chi connectivity index (χ1n) is 8.54. The highest BCUT2D eigenvalue weighted by Gasteiger charge is 2.20. The van der Waals surface area contributed by atoms with Gasteiger partial charge in [0.25, 0.3) is 0 Å². The molecule has 1 aromatic carbocycles. The Morgan fingerprint density at radius 2 is 1.96 bits per heavy atom. The smallest absolute Gasteiger partial charge is 0.156 e. The Kier molecular flexibility index (Phi) is 3.95. The predicted octanol–water partition coefficient (Wildman–Crippen LogP) is 3.65. The van der Waals surface area contributed by atoms with E-state index in [1.165, 1.54) is 12.8 Å². The van der Waals surface area contributed by atoms with Crippen molar-refractivity contribution in [2.24, 2.45) is 0 Å². The topological polar surface area (TPSA) is 85.7 Å². The number of H-pyrrole nitrogens is 1. The maximum absolute atomic E-state index is 12.6. The molecule has 1 saturated heterocycles. The van der Waals surface area contributed by atoms with E-state index in [1.807, 2.05) is 24.3 Å². The van der Waals surface area contributed by atoms with Crippen LogP contribution in [0.25, 0.3) is 22.4 Å². The van der Waals surface area contributed by atoms with Gasteiger partial charge >= 0.3 is 0 Å². The number of aromatic nitrogens is 3. The van der Waals surface area contributed by atoms with Crippen molar-refractivity contribution in [1.82, 2.24) is 15.0 Å². The van der Waals surface area contributed by atoms with Gasteiger partial charge in [0.15, 0.2) is 5.65 Å². The molecule has 0 radical (unpaired) electrons. The second-order valence-corrected chi connectivity index (χ2v) is 8.71. The first-order chi connectivity index (χ1) is 12.1. The summed E-state index contributed by atoms with van der Waals surface area (Å²) in [5, 5.41) is 0. The largest absolute Gasteiger partial charge is 0.371 e. The molecule has 6 nitrogen and oxygen atoms in total. The highest BCUT2D eigenvalue weighted by molar-refractivity contribution is 7.92. The minimum atomic E-state index is -2.76. The van der Waals surface area contributed by atoms with E-state index in [2.05, 4.69) is 19.9 Å². The van der Waals surface area contributed by atoms with Gasteiger partial charge in [0.1, 0.15) is 5.52 Å². The van der Waals surface area contributed by atoms with E-state index in [-0.39, 0.29) is 0 Å². The lowest BCUT2D eigenvalue weighted by Gasteiger charge is -2.22. The Morgan fingerprint density at radius 3 is 2.68 bits per heavy atom. The van der Waals surface area contributed by atoms with Crippen LogP contribution in [0, 0.1) is 4.78 Å². The number of hydrogen-bond donors (Lipinski definition) is 2. The minimum Gasteiger partial charge on any atom is -0.371 e. The van der Waals surface area contributed by atoms with Gasteiger partial charge in [-0.15, -0.1) is 0 Å². The monoisotopic (exact) mass is 355 g/mol. The lowest BCUT2D eigenvalue weighted by Crippen LogP contribution is -2.18. The fraction of sp³-hybridized carbons (Fsp3) is 0.333. The standard InChI is InChI=1S/C18H21N5OS/c1-2-25(19,24)13-5-6-17(23-9-3-4-10-23)14(11-13)15-12-16-18(22-15)21-8-7-20-16/h5-8,11-12,19H,2-4,9-10H2,1H3,(H,21,22).